The molecule has 1 aliphatic heterocycles. The first-order valence-corrected chi connectivity index (χ1v) is 9.98. The van der Waals surface area contributed by atoms with Gasteiger partial charge in [0.25, 0.3) is 5.91 Å². The van der Waals surface area contributed by atoms with Gasteiger partial charge in [-0.05, 0) is 25.2 Å². The van der Waals surface area contributed by atoms with Crippen molar-refractivity contribution >= 4 is 15.9 Å². The number of hydrogen-bond donors (Lipinski definition) is 2. The van der Waals surface area contributed by atoms with E-state index >= 15 is 0 Å². The zero-order valence-electron chi connectivity index (χ0n) is 13.2. The largest absolute Gasteiger partial charge is 0.338 e. The van der Waals surface area contributed by atoms with Crippen LogP contribution in [0.1, 0.15) is 60.5 Å². The lowest BCUT2D eigenvalue weighted by molar-refractivity contribution is 0.0786. The van der Waals surface area contributed by atoms with Crippen LogP contribution in [0.15, 0.2) is 6.20 Å². The molecule has 3 N–H and O–H groups in total. The van der Waals surface area contributed by atoms with E-state index in [0.29, 0.717) is 31.0 Å². The van der Waals surface area contributed by atoms with Gasteiger partial charge in [-0.15, -0.1) is 0 Å². The van der Waals surface area contributed by atoms with Crippen LogP contribution in [0, 0.1) is 5.92 Å². The third-order valence-electron chi connectivity index (χ3n) is 4.95. The highest BCUT2D eigenvalue weighted by molar-refractivity contribution is 7.89. The quantitative estimate of drug-likeness (QED) is 0.858. The number of amides is 1. The third-order valence-corrected chi connectivity index (χ3v) is 5.89. The minimum absolute atomic E-state index is 0.0451. The van der Waals surface area contributed by atoms with Gasteiger partial charge in [-0.1, -0.05) is 19.3 Å². The Kier molecular flexibility index (Phi) is 4.72. The summed E-state index contributed by atoms with van der Waals surface area (Å²) < 4.78 is 22.4. The molecule has 1 aromatic heterocycles. The zero-order chi connectivity index (χ0) is 16.4. The number of aromatic amines is 1. The lowest BCUT2D eigenvalue weighted by Crippen LogP contribution is -2.31. The van der Waals surface area contributed by atoms with Crippen LogP contribution in [0.3, 0.4) is 0 Å². The van der Waals surface area contributed by atoms with E-state index in [1.807, 2.05) is 0 Å². The average Bonchev–Trinajstić information content (AvgIpc) is 3.15. The summed E-state index contributed by atoms with van der Waals surface area (Å²) in [6.45, 7) is 1.03. The summed E-state index contributed by atoms with van der Waals surface area (Å²) in [6, 6.07) is 0. The summed E-state index contributed by atoms with van der Waals surface area (Å²) in [5.41, 5.74) is 1.60. The molecule has 2 aliphatic rings. The van der Waals surface area contributed by atoms with Crippen molar-refractivity contribution in [3.8, 4) is 0 Å². The SMILES string of the molecule is NS(=O)(=O)CC1CCN(C(=O)c2cn[nH]c2C2CCCCC2)C1. The molecule has 128 valence electrons. The lowest BCUT2D eigenvalue weighted by Gasteiger charge is -2.23. The second kappa shape index (κ2) is 6.60. The van der Waals surface area contributed by atoms with Gasteiger partial charge in [0.1, 0.15) is 0 Å². The fourth-order valence-electron chi connectivity index (χ4n) is 3.82. The first kappa shape index (κ1) is 16.4. The van der Waals surface area contributed by atoms with E-state index < -0.39 is 10.0 Å². The molecule has 1 unspecified atom stereocenters. The molecule has 2 heterocycles. The van der Waals surface area contributed by atoms with E-state index in [9.17, 15) is 13.2 Å². The maximum Gasteiger partial charge on any atom is 0.257 e. The second-order valence-corrected chi connectivity index (χ2v) is 8.43. The van der Waals surface area contributed by atoms with Crippen molar-refractivity contribution in [1.29, 1.82) is 0 Å². The molecule has 1 saturated carbocycles. The van der Waals surface area contributed by atoms with Gasteiger partial charge in [-0.2, -0.15) is 5.10 Å². The predicted molar refractivity (Wildman–Crippen MR) is 86.4 cm³/mol. The van der Waals surface area contributed by atoms with Gasteiger partial charge in [0.15, 0.2) is 0 Å². The van der Waals surface area contributed by atoms with Crippen molar-refractivity contribution in [2.24, 2.45) is 11.1 Å². The van der Waals surface area contributed by atoms with E-state index in [2.05, 4.69) is 10.2 Å². The Bertz CT molecular complexity index is 664. The number of aromatic nitrogens is 2. The molecule has 1 aliphatic carbocycles. The molecular weight excluding hydrogens is 316 g/mol. The van der Waals surface area contributed by atoms with E-state index in [1.54, 1.807) is 11.1 Å². The number of carbonyl (C=O) groups excluding carboxylic acids is 1. The molecule has 7 nitrogen and oxygen atoms in total. The highest BCUT2D eigenvalue weighted by Gasteiger charge is 2.32. The molecule has 0 spiro atoms. The van der Waals surface area contributed by atoms with Crippen LogP contribution in [0.25, 0.3) is 0 Å². The van der Waals surface area contributed by atoms with Gasteiger partial charge in [-0.3, -0.25) is 9.89 Å². The van der Waals surface area contributed by atoms with Crippen LogP contribution < -0.4 is 5.14 Å². The molecule has 0 aromatic carbocycles. The van der Waals surface area contributed by atoms with Crippen molar-refractivity contribution in [2.45, 2.75) is 44.4 Å². The van der Waals surface area contributed by atoms with Crippen LogP contribution in [0.2, 0.25) is 0 Å². The van der Waals surface area contributed by atoms with Gasteiger partial charge < -0.3 is 4.90 Å². The number of sulfonamides is 1. The van der Waals surface area contributed by atoms with Gasteiger partial charge in [0.05, 0.1) is 23.2 Å². The number of primary sulfonamides is 1. The summed E-state index contributed by atoms with van der Waals surface area (Å²) in [5.74, 6) is 0.209. The Balaban J connectivity index is 1.68. The number of hydrogen-bond acceptors (Lipinski definition) is 4. The standard InChI is InChI=1S/C15H24N4O3S/c16-23(21,22)10-11-6-7-19(9-11)15(20)13-8-17-18-14(13)12-4-2-1-3-5-12/h8,11-12H,1-7,9-10H2,(H,17,18)(H2,16,21,22). The molecule has 0 bridgehead atoms. The fraction of sp³-hybridized carbons (Fsp3) is 0.733. The fourth-order valence-corrected chi connectivity index (χ4v) is 4.75. The number of nitrogens with one attached hydrogen (secondary N) is 1. The van der Waals surface area contributed by atoms with Gasteiger partial charge in [0.2, 0.25) is 10.0 Å². The van der Waals surface area contributed by atoms with Crippen molar-refractivity contribution in [3.63, 3.8) is 0 Å². The van der Waals surface area contributed by atoms with Crippen LogP contribution in [-0.4, -0.2) is 48.3 Å². The Morgan fingerprint density at radius 3 is 2.74 bits per heavy atom. The molecule has 3 rings (SSSR count). The van der Waals surface area contributed by atoms with E-state index in [-0.39, 0.29) is 17.6 Å². The van der Waals surface area contributed by atoms with E-state index in [1.165, 1.54) is 19.3 Å². The number of rotatable bonds is 4. The van der Waals surface area contributed by atoms with Crippen molar-refractivity contribution < 1.29 is 13.2 Å². The Morgan fingerprint density at radius 1 is 1.30 bits per heavy atom. The topological polar surface area (TPSA) is 109 Å². The van der Waals surface area contributed by atoms with Crippen molar-refractivity contribution in [2.75, 3.05) is 18.8 Å². The predicted octanol–water partition coefficient (Wildman–Crippen LogP) is 1.21. The minimum atomic E-state index is -3.49. The first-order valence-electron chi connectivity index (χ1n) is 8.27. The summed E-state index contributed by atoms with van der Waals surface area (Å²) >= 11 is 0. The number of H-pyrrole nitrogens is 1. The van der Waals surface area contributed by atoms with Gasteiger partial charge in [-0.25, -0.2) is 13.6 Å². The van der Waals surface area contributed by atoms with Crippen molar-refractivity contribution in [1.82, 2.24) is 15.1 Å². The first-order chi connectivity index (χ1) is 10.9. The molecule has 0 radical (unpaired) electrons. The molecule has 8 heteroatoms. The molecule has 23 heavy (non-hydrogen) atoms. The highest BCUT2D eigenvalue weighted by atomic mass is 32.2. The lowest BCUT2D eigenvalue weighted by atomic mass is 9.85. The molecule has 1 amide bonds. The number of carbonyl (C=O) groups is 1. The number of likely N-dealkylation sites (tertiary alicyclic amines) is 1. The zero-order valence-corrected chi connectivity index (χ0v) is 14.0. The molecular formula is C15H24N4O3S. The Hall–Kier alpha value is -1.41. The van der Waals surface area contributed by atoms with Gasteiger partial charge in [0, 0.05) is 19.0 Å². The summed E-state index contributed by atoms with van der Waals surface area (Å²) in [6.07, 6.45) is 8.12. The van der Waals surface area contributed by atoms with Crippen molar-refractivity contribution in [3.05, 3.63) is 17.5 Å². The van der Waals surface area contributed by atoms with Gasteiger partial charge >= 0.3 is 0 Å². The second-order valence-electron chi connectivity index (χ2n) is 6.77. The highest BCUT2D eigenvalue weighted by Crippen LogP contribution is 2.34. The van der Waals surface area contributed by atoms with E-state index in [0.717, 1.165) is 18.5 Å². The third kappa shape index (κ3) is 3.92. The molecule has 1 atom stereocenters. The maximum atomic E-state index is 12.8. The number of nitrogens with two attached hydrogens (primary N) is 1. The maximum absolute atomic E-state index is 12.8. The summed E-state index contributed by atoms with van der Waals surface area (Å²) in [4.78, 5) is 14.5. The summed E-state index contributed by atoms with van der Waals surface area (Å²) in [5, 5.41) is 12.2. The average molecular weight is 340 g/mol. The van der Waals surface area contributed by atoms with Crippen LogP contribution in [-0.2, 0) is 10.0 Å². The molecule has 2 fully saturated rings. The Labute approximate surface area is 136 Å². The smallest absolute Gasteiger partial charge is 0.257 e. The number of nitrogens with zero attached hydrogens (tertiary/aromatic N) is 2. The summed E-state index contributed by atoms with van der Waals surface area (Å²) in [7, 11) is -3.49. The normalized spacial score (nSPS) is 23.3. The van der Waals surface area contributed by atoms with Crippen LogP contribution in [0.4, 0.5) is 0 Å². The minimum Gasteiger partial charge on any atom is -0.338 e. The van der Waals surface area contributed by atoms with E-state index in [4.69, 9.17) is 5.14 Å². The molecule has 1 aromatic rings. The monoisotopic (exact) mass is 340 g/mol. The Morgan fingerprint density at radius 2 is 2.04 bits per heavy atom. The van der Waals surface area contributed by atoms with Crippen LogP contribution in [0.5, 0.6) is 0 Å². The molecule has 1 saturated heterocycles. The van der Waals surface area contributed by atoms with Crippen LogP contribution >= 0.6 is 0 Å².